The summed E-state index contributed by atoms with van der Waals surface area (Å²) in [4.78, 5) is 4.01. The molecule has 2 aromatic rings. The van der Waals surface area contributed by atoms with Crippen LogP contribution in [0, 0.1) is 0 Å². The predicted octanol–water partition coefficient (Wildman–Crippen LogP) is 0.800. The van der Waals surface area contributed by atoms with Crippen molar-refractivity contribution < 1.29 is 8.42 Å². The Kier molecular flexibility index (Phi) is 4.33. The molecule has 1 aromatic carbocycles. The Morgan fingerprint density at radius 1 is 1.10 bits per heavy atom. The van der Waals surface area contributed by atoms with Crippen LogP contribution >= 0.6 is 0 Å². The van der Waals surface area contributed by atoms with Crippen molar-refractivity contribution in [1.29, 1.82) is 0 Å². The summed E-state index contributed by atoms with van der Waals surface area (Å²) in [5.41, 5.74) is 7.80. The van der Waals surface area contributed by atoms with Crippen LogP contribution in [0.5, 0.6) is 0 Å². The van der Waals surface area contributed by atoms with Gasteiger partial charge in [0.25, 0.3) is 0 Å². The zero-order chi connectivity index (χ0) is 14.6. The van der Waals surface area contributed by atoms with E-state index < -0.39 is 10.0 Å². The van der Waals surface area contributed by atoms with Gasteiger partial charge in [-0.1, -0.05) is 24.3 Å². The summed E-state index contributed by atoms with van der Waals surface area (Å²) < 4.78 is 22.2. The van der Waals surface area contributed by atoms with E-state index in [-0.39, 0.29) is 4.90 Å². The number of aromatic nitrogens is 1. The van der Waals surface area contributed by atoms with Gasteiger partial charge in [-0.25, -0.2) is 18.5 Å². The Bertz CT molecular complexity index is 684. The fourth-order valence-electron chi connectivity index (χ4n) is 1.77. The standard InChI is InChI=1S/C13H16N4O2S/c14-7-10-3-1-2-4-11(10)8-16-13-6-5-12(9-17-13)20(15,18)19/h1-6,9H,7-8,14H2,(H,16,17)(H2,15,18,19). The van der Waals surface area contributed by atoms with Gasteiger partial charge >= 0.3 is 0 Å². The normalized spacial score (nSPS) is 11.3. The van der Waals surface area contributed by atoms with E-state index in [9.17, 15) is 8.42 Å². The molecule has 0 aliphatic heterocycles. The van der Waals surface area contributed by atoms with Crippen LogP contribution in [0.1, 0.15) is 11.1 Å². The highest BCUT2D eigenvalue weighted by Gasteiger charge is 2.07. The molecule has 2 rings (SSSR count). The quantitative estimate of drug-likeness (QED) is 0.754. The van der Waals surface area contributed by atoms with Crippen LogP contribution in [-0.4, -0.2) is 13.4 Å². The van der Waals surface area contributed by atoms with Gasteiger partial charge in [-0.15, -0.1) is 0 Å². The lowest BCUT2D eigenvalue weighted by molar-refractivity contribution is 0.597. The molecule has 0 saturated carbocycles. The van der Waals surface area contributed by atoms with E-state index in [4.69, 9.17) is 10.9 Å². The van der Waals surface area contributed by atoms with Crippen molar-refractivity contribution >= 4 is 15.8 Å². The first-order valence-electron chi connectivity index (χ1n) is 6.00. The highest BCUT2D eigenvalue weighted by molar-refractivity contribution is 7.89. The maximum Gasteiger partial charge on any atom is 0.239 e. The van der Waals surface area contributed by atoms with E-state index in [0.717, 1.165) is 11.1 Å². The van der Waals surface area contributed by atoms with Crippen molar-refractivity contribution in [2.45, 2.75) is 18.0 Å². The van der Waals surface area contributed by atoms with Crippen molar-refractivity contribution in [1.82, 2.24) is 4.98 Å². The molecule has 0 aliphatic rings. The molecule has 1 aromatic heterocycles. The summed E-state index contributed by atoms with van der Waals surface area (Å²) >= 11 is 0. The molecule has 20 heavy (non-hydrogen) atoms. The van der Waals surface area contributed by atoms with E-state index in [0.29, 0.717) is 18.9 Å². The predicted molar refractivity (Wildman–Crippen MR) is 77.3 cm³/mol. The Morgan fingerprint density at radius 3 is 2.35 bits per heavy atom. The minimum Gasteiger partial charge on any atom is -0.366 e. The molecular weight excluding hydrogens is 276 g/mol. The van der Waals surface area contributed by atoms with Crippen LogP contribution in [0.3, 0.4) is 0 Å². The molecule has 0 unspecified atom stereocenters. The molecule has 0 bridgehead atoms. The average molecular weight is 292 g/mol. The second-order valence-corrected chi connectivity index (χ2v) is 5.81. The summed E-state index contributed by atoms with van der Waals surface area (Å²) in [6.45, 7) is 1.03. The van der Waals surface area contributed by atoms with E-state index in [2.05, 4.69) is 10.3 Å². The Morgan fingerprint density at radius 2 is 1.80 bits per heavy atom. The number of pyridine rings is 1. The smallest absolute Gasteiger partial charge is 0.239 e. The van der Waals surface area contributed by atoms with Gasteiger partial charge in [-0.3, -0.25) is 0 Å². The van der Waals surface area contributed by atoms with Gasteiger partial charge in [0.2, 0.25) is 10.0 Å². The highest BCUT2D eigenvalue weighted by atomic mass is 32.2. The maximum atomic E-state index is 11.1. The SMILES string of the molecule is NCc1ccccc1CNc1ccc(S(N)(=O)=O)cn1. The molecule has 5 N–H and O–H groups in total. The second-order valence-electron chi connectivity index (χ2n) is 4.25. The molecule has 6 nitrogen and oxygen atoms in total. The van der Waals surface area contributed by atoms with Crippen LogP contribution in [0.4, 0.5) is 5.82 Å². The minimum atomic E-state index is -3.70. The van der Waals surface area contributed by atoms with Crippen molar-refractivity contribution in [3.63, 3.8) is 0 Å². The zero-order valence-electron chi connectivity index (χ0n) is 10.8. The zero-order valence-corrected chi connectivity index (χ0v) is 11.6. The lowest BCUT2D eigenvalue weighted by Crippen LogP contribution is -2.13. The molecule has 1 heterocycles. The molecule has 0 fully saturated rings. The Balaban J connectivity index is 2.08. The largest absolute Gasteiger partial charge is 0.366 e. The monoisotopic (exact) mass is 292 g/mol. The molecule has 0 amide bonds. The fraction of sp³-hybridized carbons (Fsp3) is 0.154. The molecule has 0 atom stereocenters. The summed E-state index contributed by atoms with van der Waals surface area (Å²) in [5, 5.41) is 8.12. The van der Waals surface area contributed by atoms with Crippen molar-refractivity contribution in [3.8, 4) is 0 Å². The van der Waals surface area contributed by atoms with Crippen LogP contribution in [-0.2, 0) is 23.1 Å². The van der Waals surface area contributed by atoms with Gasteiger partial charge in [-0.2, -0.15) is 0 Å². The van der Waals surface area contributed by atoms with Crippen LogP contribution < -0.4 is 16.2 Å². The fourth-order valence-corrected chi connectivity index (χ4v) is 2.23. The second kappa shape index (κ2) is 6.00. The van der Waals surface area contributed by atoms with Crippen LogP contribution in [0.15, 0.2) is 47.5 Å². The topological polar surface area (TPSA) is 111 Å². The van der Waals surface area contributed by atoms with Gasteiger partial charge in [0, 0.05) is 19.3 Å². The molecule has 0 saturated heterocycles. The number of sulfonamides is 1. The first-order chi connectivity index (χ1) is 9.50. The van der Waals surface area contributed by atoms with Gasteiger partial charge in [0.05, 0.1) is 0 Å². The third-order valence-electron chi connectivity index (χ3n) is 2.86. The van der Waals surface area contributed by atoms with E-state index in [1.54, 1.807) is 6.07 Å². The Labute approximate surface area is 117 Å². The van der Waals surface area contributed by atoms with Crippen LogP contribution in [0.2, 0.25) is 0 Å². The number of rotatable bonds is 5. The number of hydrogen-bond acceptors (Lipinski definition) is 5. The van der Waals surface area contributed by atoms with Gasteiger partial charge in [0.1, 0.15) is 10.7 Å². The number of primary sulfonamides is 1. The van der Waals surface area contributed by atoms with Gasteiger partial charge in [-0.05, 0) is 23.3 Å². The third kappa shape index (κ3) is 3.53. The molecule has 7 heteroatoms. The van der Waals surface area contributed by atoms with Crippen molar-refractivity contribution in [2.75, 3.05) is 5.32 Å². The Hall–Kier alpha value is -1.96. The van der Waals surface area contributed by atoms with E-state index >= 15 is 0 Å². The molecule has 0 aliphatic carbocycles. The minimum absolute atomic E-state index is 0.00888. The van der Waals surface area contributed by atoms with Gasteiger partial charge in [0.15, 0.2) is 0 Å². The maximum absolute atomic E-state index is 11.1. The third-order valence-corrected chi connectivity index (χ3v) is 3.76. The summed E-state index contributed by atoms with van der Waals surface area (Å²) in [5.74, 6) is 0.573. The van der Waals surface area contributed by atoms with Crippen molar-refractivity contribution in [3.05, 3.63) is 53.7 Å². The number of anilines is 1. The molecule has 0 spiro atoms. The molecular formula is C13H16N4O2S. The van der Waals surface area contributed by atoms with E-state index in [1.165, 1.54) is 12.3 Å². The first kappa shape index (κ1) is 14.4. The van der Waals surface area contributed by atoms with E-state index in [1.807, 2.05) is 24.3 Å². The highest BCUT2D eigenvalue weighted by Crippen LogP contribution is 2.12. The molecule has 106 valence electrons. The number of nitrogens with zero attached hydrogens (tertiary/aromatic N) is 1. The number of nitrogens with one attached hydrogen (secondary N) is 1. The lowest BCUT2D eigenvalue weighted by Gasteiger charge is -2.09. The van der Waals surface area contributed by atoms with Crippen molar-refractivity contribution in [2.24, 2.45) is 10.9 Å². The summed E-state index contributed by atoms with van der Waals surface area (Å²) in [6.07, 6.45) is 1.23. The lowest BCUT2D eigenvalue weighted by atomic mass is 10.1. The van der Waals surface area contributed by atoms with Crippen LogP contribution in [0.25, 0.3) is 0 Å². The first-order valence-corrected chi connectivity index (χ1v) is 7.55. The van der Waals surface area contributed by atoms with Gasteiger partial charge < -0.3 is 11.1 Å². The average Bonchev–Trinajstić information content (AvgIpc) is 2.45. The summed E-state index contributed by atoms with van der Waals surface area (Å²) in [7, 11) is -3.70. The number of benzene rings is 1. The summed E-state index contributed by atoms with van der Waals surface area (Å²) in [6, 6.07) is 10.8. The number of nitrogens with two attached hydrogens (primary N) is 2. The number of hydrogen-bond donors (Lipinski definition) is 3. The molecule has 0 radical (unpaired) electrons.